The second kappa shape index (κ2) is 4.37. The molecule has 2 N–H and O–H groups in total. The summed E-state index contributed by atoms with van der Waals surface area (Å²) in [5, 5.41) is 3.17. The Labute approximate surface area is 92.4 Å². The molecule has 0 saturated carbocycles. The van der Waals surface area contributed by atoms with E-state index in [1.807, 2.05) is 27.7 Å². The minimum Gasteiger partial charge on any atom is -0.314 e. The van der Waals surface area contributed by atoms with E-state index in [9.17, 15) is 8.42 Å². The lowest BCUT2D eigenvalue weighted by Gasteiger charge is -2.35. The first-order chi connectivity index (χ1) is 6.72. The van der Waals surface area contributed by atoms with Crippen molar-refractivity contribution >= 4 is 10.2 Å². The first-order valence-electron chi connectivity index (χ1n) is 5.24. The standard InChI is InChI=1S/C9H21N3O2S/c1-8-7-10-5-6-12(8)15(13,14)11-9(2,3)4/h8,10-11H,5-7H2,1-4H3/t8-/m1/s1. The van der Waals surface area contributed by atoms with Crippen LogP contribution in [0.15, 0.2) is 0 Å². The Bertz CT molecular complexity index is 308. The van der Waals surface area contributed by atoms with Gasteiger partial charge in [-0.25, -0.2) is 0 Å². The van der Waals surface area contributed by atoms with Crippen molar-refractivity contribution in [3.05, 3.63) is 0 Å². The highest BCUT2D eigenvalue weighted by molar-refractivity contribution is 7.87. The molecule has 0 bridgehead atoms. The van der Waals surface area contributed by atoms with Gasteiger partial charge >= 0.3 is 0 Å². The topological polar surface area (TPSA) is 61.4 Å². The molecule has 0 aromatic heterocycles. The van der Waals surface area contributed by atoms with Crippen LogP contribution in [0.2, 0.25) is 0 Å². The van der Waals surface area contributed by atoms with E-state index in [-0.39, 0.29) is 6.04 Å². The Morgan fingerprint density at radius 1 is 1.40 bits per heavy atom. The van der Waals surface area contributed by atoms with Gasteiger partial charge in [0.05, 0.1) is 0 Å². The quantitative estimate of drug-likeness (QED) is 0.703. The highest BCUT2D eigenvalue weighted by Crippen LogP contribution is 2.11. The molecule has 1 heterocycles. The Balaban J connectivity index is 2.76. The average Bonchev–Trinajstić information content (AvgIpc) is 1.99. The van der Waals surface area contributed by atoms with Crippen molar-refractivity contribution in [3.8, 4) is 0 Å². The Hall–Kier alpha value is -0.170. The van der Waals surface area contributed by atoms with E-state index in [4.69, 9.17) is 0 Å². The van der Waals surface area contributed by atoms with E-state index in [0.29, 0.717) is 13.1 Å². The smallest absolute Gasteiger partial charge is 0.280 e. The molecule has 0 unspecified atom stereocenters. The second-order valence-electron chi connectivity index (χ2n) is 5.02. The zero-order valence-corrected chi connectivity index (χ0v) is 10.7. The van der Waals surface area contributed by atoms with Crippen molar-refractivity contribution in [2.75, 3.05) is 19.6 Å². The highest BCUT2D eigenvalue weighted by Gasteiger charge is 2.31. The summed E-state index contributed by atoms with van der Waals surface area (Å²) in [5.74, 6) is 0. The van der Waals surface area contributed by atoms with Gasteiger partial charge in [0.25, 0.3) is 10.2 Å². The van der Waals surface area contributed by atoms with Gasteiger partial charge in [0.2, 0.25) is 0 Å². The molecule has 0 spiro atoms. The highest BCUT2D eigenvalue weighted by atomic mass is 32.2. The van der Waals surface area contributed by atoms with Gasteiger partial charge in [-0.05, 0) is 27.7 Å². The molecule has 1 saturated heterocycles. The Morgan fingerprint density at radius 2 is 2.00 bits per heavy atom. The van der Waals surface area contributed by atoms with Gasteiger partial charge in [-0.3, -0.25) is 0 Å². The van der Waals surface area contributed by atoms with Crippen LogP contribution in [-0.4, -0.2) is 43.9 Å². The molecule has 0 amide bonds. The van der Waals surface area contributed by atoms with Gasteiger partial charge in [0, 0.05) is 31.2 Å². The lowest BCUT2D eigenvalue weighted by atomic mass is 10.1. The molecule has 0 aliphatic carbocycles. The van der Waals surface area contributed by atoms with Crippen LogP contribution in [0, 0.1) is 0 Å². The van der Waals surface area contributed by atoms with Crippen LogP contribution in [0.3, 0.4) is 0 Å². The van der Waals surface area contributed by atoms with Crippen molar-refractivity contribution in [1.29, 1.82) is 0 Å². The van der Waals surface area contributed by atoms with Crippen LogP contribution in [0.1, 0.15) is 27.7 Å². The maximum atomic E-state index is 12.0. The lowest BCUT2D eigenvalue weighted by Crippen LogP contribution is -2.58. The van der Waals surface area contributed by atoms with Crippen LogP contribution >= 0.6 is 0 Å². The number of nitrogens with one attached hydrogen (secondary N) is 2. The second-order valence-corrected chi connectivity index (χ2v) is 6.64. The van der Waals surface area contributed by atoms with Crippen LogP contribution in [0.5, 0.6) is 0 Å². The van der Waals surface area contributed by atoms with Crippen LogP contribution in [0.25, 0.3) is 0 Å². The summed E-state index contributed by atoms with van der Waals surface area (Å²) in [6.07, 6.45) is 0. The Morgan fingerprint density at radius 3 is 2.47 bits per heavy atom. The van der Waals surface area contributed by atoms with Gasteiger partial charge in [0.1, 0.15) is 0 Å². The third kappa shape index (κ3) is 3.71. The van der Waals surface area contributed by atoms with Gasteiger partial charge in [-0.15, -0.1) is 0 Å². The molecule has 0 aromatic rings. The van der Waals surface area contributed by atoms with Crippen LogP contribution in [0.4, 0.5) is 0 Å². The molecule has 1 rings (SSSR count). The van der Waals surface area contributed by atoms with Crippen LogP contribution in [-0.2, 0) is 10.2 Å². The van der Waals surface area contributed by atoms with Crippen molar-refractivity contribution < 1.29 is 8.42 Å². The number of hydrogen-bond donors (Lipinski definition) is 2. The first-order valence-corrected chi connectivity index (χ1v) is 6.68. The SMILES string of the molecule is C[C@@H]1CNCCN1S(=O)(=O)NC(C)(C)C. The molecule has 1 aliphatic heterocycles. The molecular weight excluding hydrogens is 214 g/mol. The summed E-state index contributed by atoms with van der Waals surface area (Å²) in [5.41, 5.74) is -0.427. The van der Waals surface area contributed by atoms with E-state index < -0.39 is 15.7 Å². The normalized spacial score (nSPS) is 25.5. The molecular formula is C9H21N3O2S. The molecule has 1 atom stereocenters. The summed E-state index contributed by atoms with van der Waals surface area (Å²) in [6.45, 7) is 9.41. The fraction of sp³-hybridized carbons (Fsp3) is 1.00. The fourth-order valence-corrected chi connectivity index (χ4v) is 3.40. The molecule has 90 valence electrons. The monoisotopic (exact) mass is 235 g/mol. The molecule has 1 aliphatic rings. The molecule has 15 heavy (non-hydrogen) atoms. The predicted molar refractivity (Wildman–Crippen MR) is 60.8 cm³/mol. The zero-order valence-electron chi connectivity index (χ0n) is 9.87. The van der Waals surface area contributed by atoms with E-state index in [2.05, 4.69) is 10.0 Å². The molecule has 0 radical (unpaired) electrons. The van der Waals surface area contributed by atoms with E-state index in [0.717, 1.165) is 6.54 Å². The summed E-state index contributed by atoms with van der Waals surface area (Å²) < 4.78 is 28.2. The molecule has 0 aromatic carbocycles. The van der Waals surface area contributed by atoms with E-state index >= 15 is 0 Å². The Kier molecular flexibility index (Phi) is 3.76. The lowest BCUT2D eigenvalue weighted by molar-refractivity contribution is 0.275. The molecule has 6 heteroatoms. The largest absolute Gasteiger partial charge is 0.314 e. The van der Waals surface area contributed by atoms with Gasteiger partial charge in [-0.2, -0.15) is 17.4 Å². The summed E-state index contributed by atoms with van der Waals surface area (Å²) in [7, 11) is -3.35. The summed E-state index contributed by atoms with van der Waals surface area (Å²) >= 11 is 0. The summed E-state index contributed by atoms with van der Waals surface area (Å²) in [6, 6.07) is 0.0126. The minimum absolute atomic E-state index is 0.0126. The number of hydrogen-bond acceptors (Lipinski definition) is 3. The van der Waals surface area contributed by atoms with E-state index in [1.54, 1.807) is 0 Å². The number of rotatable bonds is 2. The molecule has 5 nitrogen and oxygen atoms in total. The summed E-state index contributed by atoms with van der Waals surface area (Å²) in [4.78, 5) is 0. The van der Waals surface area contributed by atoms with Gasteiger partial charge in [-0.1, -0.05) is 0 Å². The van der Waals surface area contributed by atoms with Crippen molar-refractivity contribution in [2.45, 2.75) is 39.3 Å². The number of piperazine rings is 1. The van der Waals surface area contributed by atoms with E-state index in [1.165, 1.54) is 4.31 Å². The van der Waals surface area contributed by atoms with Gasteiger partial charge < -0.3 is 5.32 Å². The number of nitrogens with zero attached hydrogens (tertiary/aromatic N) is 1. The third-order valence-corrected chi connectivity index (χ3v) is 4.21. The predicted octanol–water partition coefficient (Wildman–Crippen LogP) is -0.0870. The fourth-order valence-electron chi connectivity index (χ4n) is 1.63. The zero-order chi connectivity index (χ0) is 11.7. The van der Waals surface area contributed by atoms with Crippen molar-refractivity contribution in [3.63, 3.8) is 0 Å². The molecule has 1 fully saturated rings. The van der Waals surface area contributed by atoms with Gasteiger partial charge in [0.15, 0.2) is 0 Å². The maximum Gasteiger partial charge on any atom is 0.280 e. The van der Waals surface area contributed by atoms with Crippen molar-refractivity contribution in [1.82, 2.24) is 14.3 Å². The maximum absolute atomic E-state index is 12.0. The van der Waals surface area contributed by atoms with Crippen LogP contribution < -0.4 is 10.0 Å². The average molecular weight is 235 g/mol. The first kappa shape index (κ1) is 12.9. The third-order valence-electron chi connectivity index (χ3n) is 2.18. The van der Waals surface area contributed by atoms with Crippen molar-refractivity contribution in [2.24, 2.45) is 0 Å². The minimum atomic E-state index is -3.35.